The number of hydrogen-bond donors (Lipinski definition) is 1. The van der Waals surface area contributed by atoms with Crippen LogP contribution in [0.25, 0.3) is 0 Å². The topological polar surface area (TPSA) is 147 Å². The molecule has 19 heteroatoms. The molecule has 0 aliphatic carbocycles. The number of fused-ring (bicyclic) bond motifs is 2. The fraction of sp³-hybridized carbons (Fsp3) is 0.395. The van der Waals surface area contributed by atoms with Gasteiger partial charge in [-0.2, -0.15) is 26.3 Å². The monoisotopic (exact) mass is 878 g/mol. The Balaban J connectivity index is 1.28. The molecule has 0 aromatic heterocycles. The highest BCUT2D eigenvalue weighted by molar-refractivity contribution is 5.83. The highest BCUT2D eigenvalue weighted by Gasteiger charge is 2.67. The van der Waals surface area contributed by atoms with Crippen LogP contribution < -0.4 is 4.74 Å². The van der Waals surface area contributed by atoms with Crippen molar-refractivity contribution < 1.29 is 88.4 Å². The normalized spacial score (nSPS) is 27.0. The van der Waals surface area contributed by atoms with Gasteiger partial charge in [-0.05, 0) is 17.7 Å². The lowest BCUT2D eigenvalue weighted by Gasteiger charge is -2.52. The molecule has 3 heterocycles. The summed E-state index contributed by atoms with van der Waals surface area (Å²) in [7, 11) is 2.63. The molecule has 7 rings (SSSR count). The number of aromatic hydroxyl groups is 1. The second-order valence-electron chi connectivity index (χ2n) is 14.3. The van der Waals surface area contributed by atoms with Gasteiger partial charge >= 0.3 is 24.3 Å². The van der Waals surface area contributed by atoms with Gasteiger partial charge in [0.2, 0.25) is 0 Å². The van der Waals surface area contributed by atoms with Crippen LogP contribution in [0.15, 0.2) is 109 Å². The summed E-state index contributed by atoms with van der Waals surface area (Å²) >= 11 is 0. The van der Waals surface area contributed by atoms with Gasteiger partial charge in [0.15, 0.2) is 30.2 Å². The first-order valence-corrected chi connectivity index (χ1v) is 19.0. The molecule has 4 aromatic rings. The van der Waals surface area contributed by atoms with Gasteiger partial charge in [-0.15, -0.1) is 0 Å². The number of esters is 2. The molecule has 62 heavy (non-hydrogen) atoms. The Morgan fingerprint density at radius 1 is 0.677 bits per heavy atom. The SMILES string of the molecule is COc1cc([C@@H]2O[C@H]3[C@H](O[C@H]2COC(=O)[C@](OC)(c2ccccc2)C(F)(F)F)O[C@@H]2CO[C@@H](c4ccccc4)O[C@H]2[C@@H]3OC(=O)[C@](OC)(c2ccccc2)C(F)(F)F)ccc1O. The van der Waals surface area contributed by atoms with Crippen LogP contribution >= 0.6 is 0 Å². The molecule has 332 valence electrons. The molecule has 0 radical (unpaired) electrons. The van der Waals surface area contributed by atoms with E-state index in [0.29, 0.717) is 19.8 Å². The van der Waals surface area contributed by atoms with Crippen LogP contribution in [-0.4, -0.2) is 101 Å². The molecule has 10 atom stereocenters. The Morgan fingerprint density at radius 2 is 1.24 bits per heavy atom. The molecule has 3 saturated heterocycles. The number of methoxy groups -OCH3 is 3. The second-order valence-corrected chi connectivity index (χ2v) is 14.3. The van der Waals surface area contributed by atoms with Gasteiger partial charge in [0.25, 0.3) is 11.2 Å². The molecule has 3 aliphatic rings. The molecule has 0 unspecified atom stereocenters. The van der Waals surface area contributed by atoms with Crippen molar-refractivity contribution in [3.63, 3.8) is 0 Å². The van der Waals surface area contributed by atoms with Gasteiger partial charge < -0.3 is 52.5 Å². The van der Waals surface area contributed by atoms with Crippen LogP contribution in [-0.2, 0) is 63.4 Å². The summed E-state index contributed by atoms with van der Waals surface area (Å²) in [5.41, 5.74) is -7.82. The smallest absolute Gasteiger partial charge is 0.432 e. The summed E-state index contributed by atoms with van der Waals surface area (Å²) in [6.45, 7) is -1.24. The van der Waals surface area contributed by atoms with E-state index in [0.717, 1.165) is 24.3 Å². The molecule has 0 amide bonds. The molecule has 4 aromatic carbocycles. The number of rotatable bonds is 12. The van der Waals surface area contributed by atoms with Crippen molar-refractivity contribution in [2.45, 2.75) is 72.8 Å². The van der Waals surface area contributed by atoms with E-state index in [1.165, 1.54) is 61.7 Å². The number of alkyl halides is 6. The maximum absolute atomic E-state index is 15.2. The summed E-state index contributed by atoms with van der Waals surface area (Å²) in [6, 6.07) is 24.4. The fourth-order valence-electron chi connectivity index (χ4n) is 7.75. The van der Waals surface area contributed by atoms with Crippen molar-refractivity contribution in [2.75, 3.05) is 34.5 Å². The molecule has 3 fully saturated rings. The van der Waals surface area contributed by atoms with E-state index >= 15 is 13.2 Å². The zero-order chi connectivity index (χ0) is 44.5. The largest absolute Gasteiger partial charge is 0.504 e. The number of phenols is 1. The van der Waals surface area contributed by atoms with Gasteiger partial charge in [0.1, 0.15) is 37.1 Å². The molecule has 13 nitrogen and oxygen atoms in total. The van der Waals surface area contributed by atoms with Gasteiger partial charge in [-0.1, -0.05) is 97.1 Å². The molecular weight excluding hydrogens is 838 g/mol. The standard InChI is InChI=1S/C43H40F6O13/c1-53-29-21-25(19-20-28(29)50)32-30(23-57-38(51)40(54-2,42(44,45)46)26-15-9-5-10-16-26)58-37-35(60-32)34(33-31(59-37)22-56-36(61-33)24-13-7-4-8-14-24)62-39(52)41(55-3,43(47,48)49)27-17-11-6-12-18-27/h4-21,30-37,50H,22-23H2,1-3H3/t30-,31+,32-,33+,34-,35+,36+,37+,40+,41+/m0/s1. The van der Waals surface area contributed by atoms with Gasteiger partial charge in [-0.25, -0.2) is 9.59 Å². The third-order valence-corrected chi connectivity index (χ3v) is 10.8. The summed E-state index contributed by atoms with van der Waals surface area (Å²) in [5, 5.41) is 10.4. The molecule has 1 N–H and O–H groups in total. The minimum absolute atomic E-state index is 0.0946. The minimum atomic E-state index is -5.38. The molecule has 0 bridgehead atoms. The predicted octanol–water partition coefficient (Wildman–Crippen LogP) is 6.73. The van der Waals surface area contributed by atoms with E-state index in [2.05, 4.69) is 0 Å². The van der Waals surface area contributed by atoms with Crippen molar-refractivity contribution in [3.05, 3.63) is 131 Å². The first-order chi connectivity index (χ1) is 29.6. The third-order valence-electron chi connectivity index (χ3n) is 10.8. The maximum Gasteiger partial charge on any atom is 0.432 e. The zero-order valence-electron chi connectivity index (χ0n) is 33.0. The van der Waals surface area contributed by atoms with Crippen LogP contribution in [0.1, 0.15) is 34.6 Å². The van der Waals surface area contributed by atoms with Crippen LogP contribution in [0.2, 0.25) is 0 Å². The third kappa shape index (κ3) is 8.09. The van der Waals surface area contributed by atoms with Crippen molar-refractivity contribution in [1.29, 1.82) is 0 Å². The summed E-state index contributed by atoms with van der Waals surface area (Å²) in [4.78, 5) is 27.9. The quantitative estimate of drug-likeness (QED) is 0.119. The fourth-order valence-corrected chi connectivity index (χ4v) is 7.75. The summed E-state index contributed by atoms with van der Waals surface area (Å²) in [6.07, 6.45) is -22.6. The maximum atomic E-state index is 15.2. The number of carbonyl (C=O) groups excluding carboxylic acids is 2. The lowest BCUT2D eigenvalue weighted by Crippen LogP contribution is -2.68. The lowest BCUT2D eigenvalue weighted by molar-refractivity contribution is -0.404. The highest BCUT2D eigenvalue weighted by Crippen LogP contribution is 2.48. The van der Waals surface area contributed by atoms with E-state index in [-0.39, 0.29) is 23.7 Å². The average molecular weight is 879 g/mol. The number of phenolic OH excluding ortho intramolecular Hbond substituents is 1. The van der Waals surface area contributed by atoms with Gasteiger partial charge in [0.05, 0.1) is 13.7 Å². The van der Waals surface area contributed by atoms with Crippen LogP contribution in [0.3, 0.4) is 0 Å². The average Bonchev–Trinajstić information content (AvgIpc) is 3.26. The first kappa shape index (κ1) is 44.8. The van der Waals surface area contributed by atoms with Crippen molar-refractivity contribution in [1.82, 2.24) is 0 Å². The molecular formula is C43H40F6O13. The Morgan fingerprint density at radius 3 is 1.79 bits per heavy atom. The summed E-state index contributed by atoms with van der Waals surface area (Å²) in [5.74, 6) is -4.19. The summed E-state index contributed by atoms with van der Waals surface area (Å²) < 4.78 is 147. The van der Waals surface area contributed by atoms with E-state index in [4.69, 9.17) is 47.4 Å². The van der Waals surface area contributed by atoms with E-state index in [1.807, 2.05) is 0 Å². The van der Waals surface area contributed by atoms with E-state index in [1.54, 1.807) is 30.3 Å². The number of halogens is 6. The van der Waals surface area contributed by atoms with Gasteiger partial charge in [-0.3, -0.25) is 0 Å². The van der Waals surface area contributed by atoms with Crippen molar-refractivity contribution in [3.8, 4) is 11.5 Å². The van der Waals surface area contributed by atoms with Gasteiger partial charge in [0, 0.05) is 30.9 Å². The van der Waals surface area contributed by atoms with Crippen molar-refractivity contribution in [2.24, 2.45) is 0 Å². The van der Waals surface area contributed by atoms with Crippen LogP contribution in [0.4, 0.5) is 26.3 Å². The molecule has 0 spiro atoms. The number of ether oxygens (including phenoxy) is 10. The first-order valence-electron chi connectivity index (χ1n) is 19.0. The zero-order valence-corrected chi connectivity index (χ0v) is 33.0. The number of carbonyl (C=O) groups is 2. The van der Waals surface area contributed by atoms with Crippen LogP contribution in [0.5, 0.6) is 11.5 Å². The van der Waals surface area contributed by atoms with Crippen LogP contribution in [0, 0.1) is 0 Å². The minimum Gasteiger partial charge on any atom is -0.504 e. The predicted molar refractivity (Wildman–Crippen MR) is 199 cm³/mol. The van der Waals surface area contributed by atoms with Crippen molar-refractivity contribution >= 4 is 11.9 Å². The molecule has 3 aliphatic heterocycles. The number of hydrogen-bond acceptors (Lipinski definition) is 13. The Bertz CT molecular complexity index is 2160. The Kier molecular flexibility index (Phi) is 12.9. The Labute approximate surface area is 350 Å². The molecule has 0 saturated carbocycles. The highest BCUT2D eigenvalue weighted by atomic mass is 19.4. The van der Waals surface area contributed by atoms with E-state index in [9.17, 15) is 27.9 Å². The lowest BCUT2D eigenvalue weighted by atomic mass is 9.91. The Hall–Kier alpha value is -5.28. The number of benzene rings is 4. The van der Waals surface area contributed by atoms with E-state index < -0.39 is 102 Å². The second kappa shape index (κ2) is 17.8.